The van der Waals surface area contributed by atoms with E-state index >= 15 is 0 Å². The lowest BCUT2D eigenvalue weighted by atomic mass is 9.96. The highest BCUT2D eigenvalue weighted by molar-refractivity contribution is 7.07. The molecule has 0 bridgehead atoms. The van der Waals surface area contributed by atoms with E-state index in [9.17, 15) is 22.8 Å². The van der Waals surface area contributed by atoms with Crippen molar-refractivity contribution in [1.29, 1.82) is 0 Å². The number of hydrogen-bond acceptors (Lipinski definition) is 5. The highest BCUT2D eigenvalue weighted by atomic mass is 32.1. The molecule has 0 saturated carbocycles. The van der Waals surface area contributed by atoms with Crippen LogP contribution in [0.1, 0.15) is 44.1 Å². The first-order valence-electron chi connectivity index (χ1n) is 8.79. The summed E-state index contributed by atoms with van der Waals surface area (Å²) in [5, 5.41) is 6.62. The summed E-state index contributed by atoms with van der Waals surface area (Å²) >= 11 is 1.09. The number of piperidine rings is 1. The Morgan fingerprint density at radius 2 is 1.86 bits per heavy atom. The van der Waals surface area contributed by atoms with Crippen molar-refractivity contribution in [3.05, 3.63) is 46.0 Å². The number of hydrogen-bond donors (Lipinski definition) is 1. The van der Waals surface area contributed by atoms with Gasteiger partial charge in [0.1, 0.15) is 4.88 Å². The van der Waals surface area contributed by atoms with E-state index in [0.29, 0.717) is 30.2 Å². The zero-order valence-corrected chi connectivity index (χ0v) is 15.9. The van der Waals surface area contributed by atoms with Gasteiger partial charge in [0.2, 0.25) is 0 Å². The maximum absolute atomic E-state index is 12.6. The first-order valence-corrected chi connectivity index (χ1v) is 9.56. The van der Waals surface area contributed by atoms with Crippen LogP contribution >= 0.6 is 11.5 Å². The molecule has 1 N–H and O–H groups in total. The molecular formula is C18H19F3N4O2S. The number of amides is 2. The fraction of sp³-hybridized carbons (Fsp3) is 0.444. The number of aromatic nitrogens is 2. The van der Waals surface area contributed by atoms with Gasteiger partial charge in [0, 0.05) is 25.2 Å². The molecule has 0 aliphatic carbocycles. The van der Waals surface area contributed by atoms with Crippen LogP contribution in [-0.4, -0.2) is 45.9 Å². The van der Waals surface area contributed by atoms with Crippen molar-refractivity contribution in [2.45, 2.75) is 25.9 Å². The van der Waals surface area contributed by atoms with Crippen molar-refractivity contribution >= 4 is 23.3 Å². The molecule has 150 valence electrons. The number of nitrogens with zero attached hydrogens (tertiary/aromatic N) is 3. The Bertz CT molecular complexity index is 843. The highest BCUT2D eigenvalue weighted by Gasteiger charge is 2.30. The van der Waals surface area contributed by atoms with Gasteiger partial charge in [-0.2, -0.15) is 13.2 Å². The van der Waals surface area contributed by atoms with Crippen molar-refractivity contribution in [1.82, 2.24) is 19.8 Å². The second-order valence-corrected chi connectivity index (χ2v) is 7.46. The van der Waals surface area contributed by atoms with Crippen molar-refractivity contribution in [3.63, 3.8) is 0 Å². The first-order chi connectivity index (χ1) is 13.3. The Hall–Kier alpha value is -2.49. The third kappa shape index (κ3) is 4.67. The topological polar surface area (TPSA) is 75.2 Å². The average Bonchev–Trinajstić information content (AvgIpc) is 3.11. The molecule has 28 heavy (non-hydrogen) atoms. The van der Waals surface area contributed by atoms with Gasteiger partial charge in [-0.15, -0.1) is 5.10 Å². The number of carbonyl (C=O) groups is 2. The minimum absolute atomic E-state index is 0.0697. The Morgan fingerprint density at radius 3 is 2.39 bits per heavy atom. The second-order valence-electron chi connectivity index (χ2n) is 6.71. The quantitative estimate of drug-likeness (QED) is 0.837. The highest BCUT2D eigenvalue weighted by Crippen LogP contribution is 2.29. The molecule has 0 unspecified atom stereocenters. The molecule has 0 spiro atoms. The van der Waals surface area contributed by atoms with Gasteiger partial charge < -0.3 is 10.2 Å². The average molecular weight is 412 g/mol. The van der Waals surface area contributed by atoms with E-state index < -0.39 is 17.6 Å². The molecule has 1 saturated heterocycles. The Kier molecular flexibility index (Phi) is 5.97. The molecule has 1 aromatic heterocycles. The van der Waals surface area contributed by atoms with E-state index in [2.05, 4.69) is 14.9 Å². The van der Waals surface area contributed by atoms with Crippen LogP contribution in [-0.2, 0) is 6.18 Å². The molecule has 3 rings (SSSR count). The van der Waals surface area contributed by atoms with E-state index in [0.717, 1.165) is 36.5 Å². The van der Waals surface area contributed by atoms with E-state index in [4.69, 9.17) is 0 Å². The third-order valence-corrected chi connectivity index (χ3v) is 5.59. The maximum atomic E-state index is 12.6. The molecule has 2 heterocycles. The fourth-order valence-corrected chi connectivity index (χ4v) is 3.69. The summed E-state index contributed by atoms with van der Waals surface area (Å²) in [6.45, 7) is 3.33. The monoisotopic (exact) mass is 412 g/mol. The van der Waals surface area contributed by atoms with Crippen LogP contribution in [0.5, 0.6) is 0 Å². The summed E-state index contributed by atoms with van der Waals surface area (Å²) in [7, 11) is 0. The van der Waals surface area contributed by atoms with Gasteiger partial charge in [0.15, 0.2) is 0 Å². The van der Waals surface area contributed by atoms with Crippen LogP contribution in [0, 0.1) is 12.8 Å². The number of alkyl halides is 3. The number of nitrogens with one attached hydrogen (secondary N) is 1. The van der Waals surface area contributed by atoms with Gasteiger partial charge in [-0.1, -0.05) is 4.49 Å². The number of likely N-dealkylation sites (tertiary alicyclic amines) is 1. The molecule has 1 aliphatic heterocycles. The molecule has 1 aliphatic rings. The van der Waals surface area contributed by atoms with E-state index in [1.54, 1.807) is 11.8 Å². The molecular weight excluding hydrogens is 393 g/mol. The van der Waals surface area contributed by atoms with E-state index in [1.165, 1.54) is 12.1 Å². The summed E-state index contributed by atoms with van der Waals surface area (Å²) in [5.41, 5.74) is 0.0298. The van der Waals surface area contributed by atoms with Gasteiger partial charge in [0.25, 0.3) is 11.8 Å². The number of halogens is 3. The van der Waals surface area contributed by atoms with E-state index in [-0.39, 0.29) is 17.4 Å². The van der Waals surface area contributed by atoms with Crippen molar-refractivity contribution in [2.75, 3.05) is 19.6 Å². The smallest absolute Gasteiger partial charge is 0.352 e. The fourth-order valence-electron chi connectivity index (χ4n) is 3.06. The van der Waals surface area contributed by atoms with Gasteiger partial charge in [-0.3, -0.25) is 9.59 Å². The second kappa shape index (κ2) is 8.26. The molecule has 1 fully saturated rings. The largest absolute Gasteiger partial charge is 0.416 e. The molecule has 10 heteroatoms. The molecule has 2 aromatic rings. The molecule has 6 nitrogen and oxygen atoms in total. The predicted molar refractivity (Wildman–Crippen MR) is 97.1 cm³/mol. The lowest BCUT2D eigenvalue weighted by molar-refractivity contribution is -0.137. The van der Waals surface area contributed by atoms with Crippen LogP contribution in [0.2, 0.25) is 0 Å². The minimum atomic E-state index is -4.42. The lowest BCUT2D eigenvalue weighted by Crippen LogP contribution is -2.41. The van der Waals surface area contributed by atoms with Gasteiger partial charge >= 0.3 is 6.18 Å². The number of carbonyl (C=O) groups excluding carboxylic acids is 2. The number of aryl methyl sites for hydroxylation is 1. The maximum Gasteiger partial charge on any atom is 0.416 e. The summed E-state index contributed by atoms with van der Waals surface area (Å²) in [6, 6.07) is 4.14. The van der Waals surface area contributed by atoms with Gasteiger partial charge in [-0.25, -0.2) is 0 Å². The SMILES string of the molecule is Cc1nnsc1C(=O)N1CCC(CNC(=O)c2ccc(C(F)(F)F)cc2)CC1. The third-order valence-electron chi connectivity index (χ3n) is 4.77. The van der Waals surface area contributed by atoms with Crippen molar-refractivity contribution < 1.29 is 22.8 Å². The lowest BCUT2D eigenvalue weighted by Gasteiger charge is -2.31. The van der Waals surface area contributed by atoms with Gasteiger partial charge in [0.05, 0.1) is 11.3 Å². The van der Waals surface area contributed by atoms with Crippen molar-refractivity contribution in [2.24, 2.45) is 5.92 Å². The molecule has 0 radical (unpaired) electrons. The van der Waals surface area contributed by atoms with Crippen LogP contribution < -0.4 is 5.32 Å². The van der Waals surface area contributed by atoms with E-state index in [1.807, 2.05) is 0 Å². The standard InChI is InChI=1S/C18H19F3N4O2S/c1-11-15(28-24-23-11)17(27)25-8-6-12(7-9-25)10-22-16(26)13-2-4-14(5-3-13)18(19,20)21/h2-5,12H,6-10H2,1H3,(H,22,26). The van der Waals surface area contributed by atoms with Crippen LogP contribution in [0.15, 0.2) is 24.3 Å². The zero-order chi connectivity index (χ0) is 20.3. The van der Waals surface area contributed by atoms with Crippen LogP contribution in [0.4, 0.5) is 13.2 Å². The molecule has 2 amide bonds. The van der Waals surface area contributed by atoms with Crippen molar-refractivity contribution in [3.8, 4) is 0 Å². The Labute approximate surface area is 163 Å². The van der Waals surface area contributed by atoms with Gasteiger partial charge in [-0.05, 0) is 61.5 Å². The summed E-state index contributed by atoms with van der Waals surface area (Å²) in [4.78, 5) is 26.9. The predicted octanol–water partition coefficient (Wildman–Crippen LogP) is 3.15. The minimum Gasteiger partial charge on any atom is -0.352 e. The van der Waals surface area contributed by atoms with Crippen LogP contribution in [0.25, 0.3) is 0 Å². The normalized spacial score (nSPS) is 15.5. The zero-order valence-electron chi connectivity index (χ0n) is 15.1. The summed E-state index contributed by atoms with van der Waals surface area (Å²) in [5.74, 6) is -0.263. The summed E-state index contributed by atoms with van der Waals surface area (Å²) < 4.78 is 41.5. The Balaban J connectivity index is 1.47. The molecule has 1 aromatic carbocycles. The first kappa shape index (κ1) is 20.2. The van der Waals surface area contributed by atoms with Crippen LogP contribution in [0.3, 0.4) is 0 Å². The number of benzene rings is 1. The molecule has 0 atom stereocenters. The number of rotatable bonds is 4. The summed E-state index contributed by atoms with van der Waals surface area (Å²) in [6.07, 6.45) is -2.94. The Morgan fingerprint density at radius 1 is 1.21 bits per heavy atom.